The summed E-state index contributed by atoms with van der Waals surface area (Å²) >= 11 is 0. The highest BCUT2D eigenvalue weighted by Gasteiger charge is 2.24. The minimum absolute atomic E-state index is 0.0833. The molecule has 0 N–H and O–H groups in total. The minimum Gasteiger partial charge on any atom is -0.490 e. The topological polar surface area (TPSA) is 27.7 Å². The predicted octanol–water partition coefficient (Wildman–Crippen LogP) is 10.0. The van der Waals surface area contributed by atoms with Gasteiger partial charge in [0.15, 0.2) is 17.9 Å². The fourth-order valence-electron chi connectivity index (χ4n) is 5.08. The molecule has 216 valence electrons. The van der Waals surface area contributed by atoms with Gasteiger partial charge in [-0.05, 0) is 42.2 Å². The summed E-state index contributed by atoms with van der Waals surface area (Å²) < 4.78 is 61.8. The fraction of sp³-hybridized carbons (Fsp3) is 0.471. The lowest BCUT2D eigenvalue weighted by molar-refractivity contribution is -0.206. The zero-order valence-electron chi connectivity index (χ0n) is 23.7. The van der Waals surface area contributed by atoms with Crippen molar-refractivity contribution in [3.05, 3.63) is 77.6 Å². The molecular formula is C34H41F3O3. The van der Waals surface area contributed by atoms with Crippen LogP contribution in [0.2, 0.25) is 0 Å². The maximum atomic E-state index is 15.1. The van der Waals surface area contributed by atoms with Gasteiger partial charge in [-0.1, -0.05) is 95.2 Å². The van der Waals surface area contributed by atoms with Gasteiger partial charge in [-0.2, -0.15) is 4.39 Å². The highest BCUT2D eigenvalue weighted by molar-refractivity contribution is 5.71. The van der Waals surface area contributed by atoms with E-state index in [0.29, 0.717) is 48.0 Å². The molecule has 6 heteroatoms. The van der Waals surface area contributed by atoms with Crippen molar-refractivity contribution in [1.29, 1.82) is 0 Å². The predicted molar refractivity (Wildman–Crippen MR) is 154 cm³/mol. The molecule has 3 aromatic rings. The van der Waals surface area contributed by atoms with E-state index in [1.165, 1.54) is 50.3 Å². The smallest absolute Gasteiger partial charge is 0.201 e. The summed E-state index contributed by atoms with van der Waals surface area (Å²) in [5, 5.41) is 0. The van der Waals surface area contributed by atoms with Gasteiger partial charge < -0.3 is 14.2 Å². The molecule has 0 unspecified atom stereocenters. The lowest BCUT2D eigenvalue weighted by Gasteiger charge is -2.29. The van der Waals surface area contributed by atoms with Crippen LogP contribution in [-0.2, 0) is 9.47 Å². The monoisotopic (exact) mass is 554 g/mol. The molecule has 4 rings (SSSR count). The average Bonchev–Trinajstić information content (AvgIpc) is 2.98. The summed E-state index contributed by atoms with van der Waals surface area (Å²) in [6.45, 7) is 5.86. The van der Waals surface area contributed by atoms with Crippen LogP contribution in [0.1, 0.15) is 83.5 Å². The van der Waals surface area contributed by atoms with Crippen LogP contribution in [0, 0.1) is 23.4 Å². The lowest BCUT2D eigenvalue weighted by atomic mass is 9.98. The molecule has 1 aliphatic heterocycles. The Morgan fingerprint density at radius 3 is 2.00 bits per heavy atom. The summed E-state index contributed by atoms with van der Waals surface area (Å²) in [6, 6.07) is 14.7. The molecule has 0 bridgehead atoms. The highest BCUT2D eigenvalue weighted by Crippen LogP contribution is 2.34. The minimum atomic E-state index is -0.995. The Morgan fingerprint density at radius 2 is 1.32 bits per heavy atom. The highest BCUT2D eigenvalue weighted by atomic mass is 19.2. The largest absolute Gasteiger partial charge is 0.490 e. The van der Waals surface area contributed by atoms with Crippen molar-refractivity contribution >= 4 is 0 Å². The summed E-state index contributed by atoms with van der Waals surface area (Å²) in [4.78, 5) is 0. The Hall–Kier alpha value is -2.83. The normalized spacial score (nSPS) is 17.2. The van der Waals surface area contributed by atoms with Crippen molar-refractivity contribution in [3.63, 3.8) is 0 Å². The van der Waals surface area contributed by atoms with Gasteiger partial charge in [0.2, 0.25) is 5.82 Å². The number of rotatable bonds is 14. The first-order valence-corrected chi connectivity index (χ1v) is 14.8. The van der Waals surface area contributed by atoms with Crippen LogP contribution < -0.4 is 4.74 Å². The molecule has 1 saturated heterocycles. The molecule has 0 amide bonds. The first kappa shape index (κ1) is 30.1. The summed E-state index contributed by atoms with van der Waals surface area (Å²) in [5.74, 6) is -2.04. The third kappa shape index (κ3) is 7.88. The van der Waals surface area contributed by atoms with E-state index in [1.54, 1.807) is 30.3 Å². The standard InChI is InChI=1S/C34H41F3O3/c1-3-5-7-8-9-11-24-22-39-34(40-23-24)27-16-17-28(30(35)21-27)25-12-14-26(15-13-25)29-18-19-31(33(37)32(29)36)38-20-10-6-4-2/h12-19,21,24,34H,3-11,20,22-23H2,1-2H3. The SMILES string of the molecule is CCCCCCCC1COC(c2ccc(-c3ccc(-c4ccc(OCCCCC)c(F)c4F)cc3)c(F)c2)OC1. The fourth-order valence-corrected chi connectivity index (χ4v) is 5.08. The van der Waals surface area contributed by atoms with Crippen LogP contribution in [0.15, 0.2) is 54.6 Å². The van der Waals surface area contributed by atoms with Crippen molar-refractivity contribution in [2.24, 2.45) is 5.92 Å². The van der Waals surface area contributed by atoms with Gasteiger partial charge in [-0.3, -0.25) is 0 Å². The second kappa shape index (κ2) is 15.2. The Bertz CT molecular complexity index is 1200. The molecular weight excluding hydrogens is 513 g/mol. The van der Waals surface area contributed by atoms with Crippen LogP contribution in [0.3, 0.4) is 0 Å². The van der Waals surface area contributed by atoms with E-state index in [1.807, 2.05) is 6.07 Å². The maximum absolute atomic E-state index is 15.1. The number of benzene rings is 3. The molecule has 0 aliphatic carbocycles. The number of ether oxygens (including phenoxy) is 3. The van der Waals surface area contributed by atoms with Crippen LogP contribution in [0.5, 0.6) is 5.75 Å². The molecule has 3 aromatic carbocycles. The summed E-state index contributed by atoms with van der Waals surface area (Å²) in [7, 11) is 0. The third-order valence-corrected chi connectivity index (χ3v) is 7.51. The molecule has 0 atom stereocenters. The Kier molecular flexibility index (Phi) is 11.5. The van der Waals surface area contributed by atoms with Gasteiger partial charge in [-0.15, -0.1) is 0 Å². The van der Waals surface area contributed by atoms with Crippen LogP contribution in [0.25, 0.3) is 22.3 Å². The Balaban J connectivity index is 1.36. The zero-order chi connectivity index (χ0) is 28.3. The van der Waals surface area contributed by atoms with Crippen LogP contribution >= 0.6 is 0 Å². The van der Waals surface area contributed by atoms with Crippen LogP contribution in [0.4, 0.5) is 13.2 Å². The first-order valence-electron chi connectivity index (χ1n) is 14.8. The number of unbranched alkanes of at least 4 members (excludes halogenated alkanes) is 6. The van der Waals surface area contributed by atoms with Crippen molar-refractivity contribution in [1.82, 2.24) is 0 Å². The van der Waals surface area contributed by atoms with Crippen molar-refractivity contribution in [2.45, 2.75) is 77.9 Å². The van der Waals surface area contributed by atoms with E-state index in [4.69, 9.17) is 14.2 Å². The Labute approximate surface area is 236 Å². The summed E-state index contributed by atoms with van der Waals surface area (Å²) in [6.07, 6.45) is 9.53. The number of halogens is 3. The molecule has 0 aromatic heterocycles. The van der Waals surface area contributed by atoms with E-state index in [-0.39, 0.29) is 11.3 Å². The van der Waals surface area contributed by atoms with Gasteiger partial charge in [0, 0.05) is 22.6 Å². The number of hydrogen-bond acceptors (Lipinski definition) is 3. The van der Waals surface area contributed by atoms with Gasteiger partial charge >= 0.3 is 0 Å². The quantitative estimate of drug-likeness (QED) is 0.186. The van der Waals surface area contributed by atoms with E-state index in [2.05, 4.69) is 13.8 Å². The molecule has 0 saturated carbocycles. The maximum Gasteiger partial charge on any atom is 0.201 e. The van der Waals surface area contributed by atoms with Gasteiger partial charge in [-0.25, -0.2) is 8.78 Å². The molecule has 1 aliphatic rings. The van der Waals surface area contributed by atoms with Gasteiger partial charge in [0.05, 0.1) is 19.8 Å². The van der Waals surface area contributed by atoms with E-state index >= 15 is 4.39 Å². The molecule has 1 fully saturated rings. The van der Waals surface area contributed by atoms with Crippen LogP contribution in [-0.4, -0.2) is 19.8 Å². The Morgan fingerprint density at radius 1 is 0.700 bits per heavy atom. The van der Waals surface area contributed by atoms with E-state index < -0.39 is 23.7 Å². The molecule has 3 nitrogen and oxygen atoms in total. The molecule has 0 radical (unpaired) electrons. The van der Waals surface area contributed by atoms with Gasteiger partial charge in [0.1, 0.15) is 5.82 Å². The molecule has 1 heterocycles. The van der Waals surface area contributed by atoms with Crippen molar-refractivity contribution in [2.75, 3.05) is 19.8 Å². The summed E-state index contributed by atoms with van der Waals surface area (Å²) in [5.41, 5.74) is 2.33. The van der Waals surface area contributed by atoms with Gasteiger partial charge in [0.25, 0.3) is 0 Å². The second-order valence-corrected chi connectivity index (χ2v) is 10.7. The third-order valence-electron chi connectivity index (χ3n) is 7.51. The van der Waals surface area contributed by atoms with E-state index in [0.717, 1.165) is 25.7 Å². The second-order valence-electron chi connectivity index (χ2n) is 10.7. The molecule has 0 spiro atoms. The lowest BCUT2D eigenvalue weighted by Crippen LogP contribution is -2.27. The van der Waals surface area contributed by atoms with E-state index in [9.17, 15) is 8.78 Å². The molecule has 40 heavy (non-hydrogen) atoms. The van der Waals surface area contributed by atoms with Crippen molar-refractivity contribution < 1.29 is 27.4 Å². The first-order chi connectivity index (χ1) is 19.5. The van der Waals surface area contributed by atoms with Crippen molar-refractivity contribution in [3.8, 4) is 28.0 Å². The average molecular weight is 555 g/mol. The number of hydrogen-bond donors (Lipinski definition) is 0. The zero-order valence-corrected chi connectivity index (χ0v) is 23.7.